The van der Waals surface area contributed by atoms with Crippen LogP contribution in [0.3, 0.4) is 0 Å². The Morgan fingerprint density at radius 3 is 1.65 bits per heavy atom. The molecule has 2 aliphatic rings. The van der Waals surface area contributed by atoms with Gasteiger partial charge in [-0.2, -0.15) is 0 Å². The normalized spacial score (nSPS) is 14.4. The molecule has 0 nitrogen and oxygen atoms in total. The van der Waals surface area contributed by atoms with E-state index in [9.17, 15) is 26.3 Å². The number of halogens is 8. The van der Waals surface area contributed by atoms with E-state index >= 15 is 0 Å². The molecule has 0 radical (unpaired) electrons. The summed E-state index contributed by atoms with van der Waals surface area (Å²) in [5.74, 6) is -0.0387. The minimum atomic E-state index is -4.65. The Hall–Kier alpha value is -4.29. The molecule has 306 valence electrons. The van der Waals surface area contributed by atoms with Crippen molar-refractivity contribution in [1.29, 1.82) is 0 Å². The molecule has 0 heterocycles. The summed E-state index contributed by atoms with van der Waals surface area (Å²) in [5.41, 5.74) is 8.36. The number of allylic oxidation sites excluding steroid dienone is 4. The zero-order valence-corrected chi connectivity index (χ0v) is 37.4. The fourth-order valence-corrected chi connectivity index (χ4v) is 17.6. The number of hydrogen-bond acceptors (Lipinski definition) is 0. The molecular weight excluding hydrogens is 889 g/mol. The SMILES string of the molecule is CCC1C=C(C(C)(C)C)C=[C]1[Zr+2](=[C](c1cccc(C(F)(F)F)c1)c1cccc(C(F)(F)F)c1)[c]1c(-c2ccccc2)ccc2c1Cc1cc(-c3ccccc3)ccc1-2.[Cl-].[Cl-]. The minimum Gasteiger partial charge on any atom is -1.00 e. The van der Waals surface area contributed by atoms with E-state index < -0.39 is 44.7 Å². The van der Waals surface area contributed by atoms with Crippen molar-refractivity contribution in [3.63, 3.8) is 0 Å². The summed E-state index contributed by atoms with van der Waals surface area (Å²) in [6, 6.07) is 41.5. The molecule has 0 amide bonds. The molecular formula is C51H42Cl2F6Zr. The fourth-order valence-electron chi connectivity index (χ4n) is 8.49. The fraction of sp³-hybridized carbons (Fsp3) is 0.196. The second-order valence-electron chi connectivity index (χ2n) is 16.2. The van der Waals surface area contributed by atoms with Gasteiger partial charge in [0.2, 0.25) is 0 Å². The smallest absolute Gasteiger partial charge is 1.00 e. The largest absolute Gasteiger partial charge is 1.00 e. The van der Waals surface area contributed by atoms with Crippen LogP contribution in [0.1, 0.15) is 67.5 Å². The van der Waals surface area contributed by atoms with Crippen molar-refractivity contribution < 1.29 is 72.4 Å². The molecule has 0 aromatic heterocycles. The third-order valence-corrected chi connectivity index (χ3v) is 19.4. The molecule has 2 aliphatic carbocycles. The van der Waals surface area contributed by atoms with Crippen molar-refractivity contribution in [2.75, 3.05) is 0 Å². The average molecular weight is 931 g/mol. The summed E-state index contributed by atoms with van der Waals surface area (Å²) in [4.78, 5) is 0. The maximum absolute atomic E-state index is 14.6. The van der Waals surface area contributed by atoms with Gasteiger partial charge in [0.05, 0.1) is 0 Å². The van der Waals surface area contributed by atoms with Crippen molar-refractivity contribution in [2.45, 2.75) is 52.9 Å². The quantitative estimate of drug-likeness (QED) is 0.142. The standard InChI is InChI=1S/C25H17.C15H8F6.C11H17.2ClH.Zr/c1-3-7-18(8-4-1)20-11-13-24-22(15-20)17-23-16-21(12-14-25(23)24)19-9-5-2-6-10-19;16-14(17,18)12-5-1-3-10(8-12)7-11-4-2-6-13(9-11)15(19,20)21;1-5-9-6-7-10(8-9)11(2,3)4;;;/h1-15H,17H2;1-6,8-9H;7-9H,5H2,1-4H3;2*1H;/q;;;;;+2/p-2. The van der Waals surface area contributed by atoms with Gasteiger partial charge in [-0.3, -0.25) is 0 Å². The topological polar surface area (TPSA) is 0 Å². The molecule has 1 atom stereocenters. The van der Waals surface area contributed by atoms with Crippen LogP contribution in [0.15, 0.2) is 161 Å². The second-order valence-corrected chi connectivity index (χ2v) is 21.9. The molecule has 8 rings (SSSR count). The summed E-state index contributed by atoms with van der Waals surface area (Å²) in [7, 11) is 0. The van der Waals surface area contributed by atoms with E-state index in [1.54, 1.807) is 12.1 Å². The Labute approximate surface area is 368 Å². The van der Waals surface area contributed by atoms with Crippen LogP contribution in [-0.4, -0.2) is 3.21 Å². The zero-order valence-electron chi connectivity index (χ0n) is 33.4. The number of benzene rings is 6. The van der Waals surface area contributed by atoms with Crippen molar-refractivity contribution in [3.8, 4) is 33.4 Å². The van der Waals surface area contributed by atoms with Gasteiger partial charge in [-0.15, -0.1) is 0 Å². The van der Waals surface area contributed by atoms with Gasteiger partial charge >= 0.3 is 346 Å². The molecule has 60 heavy (non-hydrogen) atoms. The van der Waals surface area contributed by atoms with Gasteiger partial charge in [0.1, 0.15) is 0 Å². The molecule has 0 bridgehead atoms. The second kappa shape index (κ2) is 17.6. The summed E-state index contributed by atoms with van der Waals surface area (Å²) in [6.07, 6.45) is -3.43. The first-order valence-electron chi connectivity index (χ1n) is 19.6. The van der Waals surface area contributed by atoms with E-state index in [0.717, 1.165) is 87.3 Å². The Kier molecular flexibility index (Phi) is 13.3. The Bertz CT molecular complexity index is 2570. The van der Waals surface area contributed by atoms with Crippen molar-refractivity contribution >= 4 is 6.48 Å². The van der Waals surface area contributed by atoms with Crippen LogP contribution < -0.4 is 28.1 Å². The molecule has 0 saturated heterocycles. The predicted molar refractivity (Wildman–Crippen MR) is 221 cm³/mol. The van der Waals surface area contributed by atoms with E-state index in [2.05, 4.69) is 94.4 Å². The number of rotatable bonds is 7. The first-order valence-corrected chi connectivity index (χ1v) is 23.2. The van der Waals surface area contributed by atoms with Crippen LogP contribution in [-0.2, 0) is 40.0 Å². The van der Waals surface area contributed by atoms with Gasteiger partial charge < -0.3 is 24.8 Å². The summed E-state index contributed by atoms with van der Waals surface area (Å²) in [6.45, 7) is 8.56. The summed E-state index contributed by atoms with van der Waals surface area (Å²) >= 11 is -3.96. The molecule has 1 unspecified atom stereocenters. The first-order chi connectivity index (χ1) is 27.6. The predicted octanol–water partition coefficient (Wildman–Crippen LogP) is 8.05. The van der Waals surface area contributed by atoms with Gasteiger partial charge in [0.15, 0.2) is 0 Å². The molecule has 0 saturated carbocycles. The van der Waals surface area contributed by atoms with E-state index in [4.69, 9.17) is 0 Å². The maximum Gasteiger partial charge on any atom is -1.00 e. The Morgan fingerprint density at radius 2 is 1.12 bits per heavy atom. The molecule has 0 fully saturated rings. The van der Waals surface area contributed by atoms with Crippen LogP contribution in [0.2, 0.25) is 0 Å². The molecule has 9 heteroatoms. The van der Waals surface area contributed by atoms with Crippen LogP contribution >= 0.6 is 0 Å². The number of hydrogen-bond donors (Lipinski definition) is 0. The molecule has 6 aromatic carbocycles. The van der Waals surface area contributed by atoms with Gasteiger partial charge in [0.25, 0.3) is 0 Å². The van der Waals surface area contributed by atoms with Crippen molar-refractivity contribution in [2.24, 2.45) is 11.3 Å². The molecule has 0 aliphatic heterocycles. The molecule has 0 spiro atoms. The first kappa shape index (κ1) is 45.2. The van der Waals surface area contributed by atoms with Gasteiger partial charge in [-0.1, -0.05) is 0 Å². The maximum atomic E-state index is 14.6. The third kappa shape index (κ3) is 8.87. The van der Waals surface area contributed by atoms with Crippen LogP contribution in [0, 0.1) is 11.3 Å². The number of alkyl halides is 6. The Morgan fingerprint density at radius 1 is 0.583 bits per heavy atom. The van der Waals surface area contributed by atoms with Crippen LogP contribution in [0.5, 0.6) is 0 Å². The zero-order chi connectivity index (χ0) is 41.0. The van der Waals surface area contributed by atoms with E-state index in [1.807, 2.05) is 36.4 Å². The monoisotopic (exact) mass is 928 g/mol. The van der Waals surface area contributed by atoms with Gasteiger partial charge in [0, 0.05) is 0 Å². The van der Waals surface area contributed by atoms with Crippen molar-refractivity contribution in [3.05, 3.63) is 194 Å². The summed E-state index contributed by atoms with van der Waals surface area (Å²) in [5, 5.41) is 0. The van der Waals surface area contributed by atoms with Crippen LogP contribution in [0.25, 0.3) is 33.4 Å². The third-order valence-electron chi connectivity index (χ3n) is 11.4. The molecule has 6 aromatic rings. The number of fused-ring (bicyclic) bond motifs is 3. The van der Waals surface area contributed by atoms with Crippen molar-refractivity contribution in [1.82, 2.24) is 0 Å². The molecule has 0 N–H and O–H groups in total. The van der Waals surface area contributed by atoms with E-state index in [-0.39, 0.29) is 36.1 Å². The van der Waals surface area contributed by atoms with Gasteiger partial charge in [-0.25, -0.2) is 0 Å². The minimum absolute atomic E-state index is 0. The summed E-state index contributed by atoms with van der Waals surface area (Å²) < 4.78 is 90.4. The van der Waals surface area contributed by atoms with E-state index in [0.29, 0.717) is 20.8 Å². The van der Waals surface area contributed by atoms with Crippen LogP contribution in [0.4, 0.5) is 26.3 Å². The average Bonchev–Trinajstić information content (AvgIpc) is 3.82. The van der Waals surface area contributed by atoms with E-state index in [1.165, 1.54) is 12.1 Å². The Balaban J connectivity index is 0.00000302. The van der Waals surface area contributed by atoms with Gasteiger partial charge in [-0.05, 0) is 0 Å².